The molecule has 136 valence electrons. The topological polar surface area (TPSA) is 35.6 Å². The summed E-state index contributed by atoms with van der Waals surface area (Å²) in [5, 5.41) is 3.35. The van der Waals surface area contributed by atoms with Crippen LogP contribution in [0.15, 0.2) is 54.6 Å². The molecule has 0 radical (unpaired) electrons. The zero-order chi connectivity index (χ0) is 18.0. The summed E-state index contributed by atoms with van der Waals surface area (Å²) >= 11 is 0. The van der Waals surface area contributed by atoms with Gasteiger partial charge in [0.15, 0.2) is 0 Å². The van der Waals surface area contributed by atoms with Gasteiger partial charge in [-0.05, 0) is 23.7 Å². The molecule has 1 amide bonds. The molecule has 1 aliphatic carbocycles. The van der Waals surface area contributed by atoms with E-state index in [1.54, 1.807) is 0 Å². The van der Waals surface area contributed by atoms with Gasteiger partial charge in [-0.3, -0.25) is 9.69 Å². The van der Waals surface area contributed by atoms with Crippen LogP contribution in [0.5, 0.6) is 0 Å². The maximum absolute atomic E-state index is 13.7. The van der Waals surface area contributed by atoms with Crippen molar-refractivity contribution in [1.29, 1.82) is 0 Å². The maximum Gasteiger partial charge on any atom is 0.243 e. The van der Waals surface area contributed by atoms with E-state index in [9.17, 15) is 4.79 Å². The monoisotopic (exact) mass is 349 g/mol. The van der Waals surface area contributed by atoms with E-state index in [4.69, 9.17) is 0 Å². The molecule has 0 spiro atoms. The Bertz CT molecular complexity index is 743. The minimum Gasteiger partial charge on any atom is -0.339 e. The number of hydrogen-bond acceptors (Lipinski definition) is 3. The lowest BCUT2D eigenvalue weighted by atomic mass is 9.90. The first-order chi connectivity index (χ1) is 12.7. The molecule has 1 heterocycles. The smallest absolute Gasteiger partial charge is 0.243 e. The standard InChI is InChI=1S/C22H27N3O/c1-24(17-18-7-3-2-4-8-18)22(21(26)25-13-11-23-12-14-25)15-19-9-5-6-10-20(19)16-22/h2-10,23H,11-17H2,1H3. The molecule has 2 aliphatic rings. The van der Waals surface area contributed by atoms with E-state index in [0.717, 1.165) is 45.6 Å². The van der Waals surface area contributed by atoms with E-state index in [-0.39, 0.29) is 5.91 Å². The number of rotatable bonds is 4. The fraction of sp³-hybridized carbons (Fsp3) is 0.409. The highest BCUT2D eigenvalue weighted by atomic mass is 16.2. The van der Waals surface area contributed by atoms with E-state index in [2.05, 4.69) is 70.7 Å². The van der Waals surface area contributed by atoms with E-state index >= 15 is 0 Å². The molecule has 4 nitrogen and oxygen atoms in total. The maximum atomic E-state index is 13.7. The number of benzene rings is 2. The van der Waals surface area contributed by atoms with Gasteiger partial charge in [-0.25, -0.2) is 0 Å². The number of hydrogen-bond donors (Lipinski definition) is 1. The van der Waals surface area contributed by atoms with E-state index in [0.29, 0.717) is 0 Å². The third kappa shape index (κ3) is 3.15. The van der Waals surface area contributed by atoms with Gasteiger partial charge in [-0.1, -0.05) is 54.6 Å². The quantitative estimate of drug-likeness (QED) is 0.918. The Hall–Kier alpha value is -2.17. The van der Waals surface area contributed by atoms with Crippen molar-refractivity contribution in [2.45, 2.75) is 24.9 Å². The van der Waals surface area contributed by atoms with Crippen molar-refractivity contribution in [3.05, 3.63) is 71.3 Å². The number of fused-ring (bicyclic) bond motifs is 1. The Morgan fingerprint density at radius 3 is 2.19 bits per heavy atom. The molecular formula is C22H27N3O. The summed E-state index contributed by atoms with van der Waals surface area (Å²) < 4.78 is 0. The average Bonchev–Trinajstić information content (AvgIpc) is 3.10. The normalized spacial score (nSPS) is 18.8. The second-order valence-electron chi connectivity index (χ2n) is 7.54. The van der Waals surface area contributed by atoms with Crippen molar-refractivity contribution in [2.24, 2.45) is 0 Å². The third-order valence-electron chi connectivity index (χ3n) is 5.88. The lowest BCUT2D eigenvalue weighted by molar-refractivity contribution is -0.144. The summed E-state index contributed by atoms with van der Waals surface area (Å²) in [5.74, 6) is 0.286. The van der Waals surface area contributed by atoms with Crippen molar-refractivity contribution in [3.8, 4) is 0 Å². The van der Waals surface area contributed by atoms with Crippen molar-refractivity contribution in [3.63, 3.8) is 0 Å². The SMILES string of the molecule is CN(Cc1ccccc1)C1(C(=O)N2CCNCC2)Cc2ccccc2C1. The molecule has 0 unspecified atom stereocenters. The summed E-state index contributed by atoms with van der Waals surface area (Å²) in [6.45, 7) is 4.16. The Morgan fingerprint density at radius 2 is 1.58 bits per heavy atom. The van der Waals surface area contributed by atoms with Gasteiger partial charge in [-0.2, -0.15) is 0 Å². The Morgan fingerprint density at radius 1 is 1.00 bits per heavy atom. The second kappa shape index (κ2) is 7.22. The number of carbonyl (C=O) groups excluding carboxylic acids is 1. The number of amides is 1. The minimum atomic E-state index is -0.475. The minimum absolute atomic E-state index is 0.286. The number of nitrogens with one attached hydrogen (secondary N) is 1. The second-order valence-corrected chi connectivity index (χ2v) is 7.54. The van der Waals surface area contributed by atoms with E-state index in [1.807, 2.05) is 6.07 Å². The molecule has 2 aromatic carbocycles. The molecule has 1 aliphatic heterocycles. The van der Waals surface area contributed by atoms with Gasteiger partial charge in [0.05, 0.1) is 0 Å². The van der Waals surface area contributed by atoms with Crippen LogP contribution in [-0.4, -0.2) is 54.5 Å². The van der Waals surface area contributed by atoms with Crippen LogP contribution in [0.2, 0.25) is 0 Å². The fourth-order valence-corrected chi connectivity index (χ4v) is 4.35. The van der Waals surface area contributed by atoms with Crippen molar-refractivity contribution in [2.75, 3.05) is 33.2 Å². The van der Waals surface area contributed by atoms with Gasteiger partial charge in [0.1, 0.15) is 5.54 Å². The van der Waals surface area contributed by atoms with Crippen LogP contribution >= 0.6 is 0 Å². The molecular weight excluding hydrogens is 322 g/mol. The van der Waals surface area contributed by atoms with Gasteiger partial charge < -0.3 is 10.2 Å². The van der Waals surface area contributed by atoms with Gasteiger partial charge in [-0.15, -0.1) is 0 Å². The highest BCUT2D eigenvalue weighted by Gasteiger charge is 2.48. The van der Waals surface area contributed by atoms with Crippen LogP contribution in [0, 0.1) is 0 Å². The molecule has 1 N–H and O–H groups in total. The third-order valence-corrected chi connectivity index (χ3v) is 5.88. The molecule has 1 fully saturated rings. The zero-order valence-electron chi connectivity index (χ0n) is 15.4. The first-order valence-electron chi connectivity index (χ1n) is 9.51. The van der Waals surface area contributed by atoms with Crippen molar-refractivity contribution in [1.82, 2.24) is 15.1 Å². The summed E-state index contributed by atoms with van der Waals surface area (Å²) in [6, 6.07) is 19.0. The van der Waals surface area contributed by atoms with Crippen molar-refractivity contribution < 1.29 is 4.79 Å². The Balaban J connectivity index is 1.65. The van der Waals surface area contributed by atoms with Crippen LogP contribution < -0.4 is 5.32 Å². The van der Waals surface area contributed by atoms with Crippen LogP contribution in [0.25, 0.3) is 0 Å². The lowest BCUT2D eigenvalue weighted by Crippen LogP contribution is -2.61. The molecule has 1 saturated heterocycles. The summed E-state index contributed by atoms with van der Waals surface area (Å²) in [5.41, 5.74) is 3.40. The molecule has 0 bridgehead atoms. The predicted molar refractivity (Wildman–Crippen MR) is 104 cm³/mol. The highest BCUT2D eigenvalue weighted by molar-refractivity contribution is 5.88. The van der Waals surface area contributed by atoms with Crippen LogP contribution in [-0.2, 0) is 24.2 Å². The number of nitrogens with zero attached hydrogens (tertiary/aromatic N) is 2. The largest absolute Gasteiger partial charge is 0.339 e. The lowest BCUT2D eigenvalue weighted by Gasteiger charge is -2.42. The summed E-state index contributed by atoms with van der Waals surface area (Å²) in [7, 11) is 2.11. The van der Waals surface area contributed by atoms with E-state index < -0.39 is 5.54 Å². The average molecular weight is 349 g/mol. The predicted octanol–water partition coefficient (Wildman–Crippen LogP) is 2.09. The molecule has 0 atom stereocenters. The molecule has 4 rings (SSSR count). The number of piperazine rings is 1. The summed E-state index contributed by atoms with van der Waals surface area (Å²) in [4.78, 5) is 18.0. The fourth-order valence-electron chi connectivity index (χ4n) is 4.35. The van der Waals surface area contributed by atoms with Gasteiger partial charge in [0, 0.05) is 45.6 Å². The van der Waals surface area contributed by atoms with Crippen LogP contribution in [0.4, 0.5) is 0 Å². The van der Waals surface area contributed by atoms with Crippen LogP contribution in [0.3, 0.4) is 0 Å². The molecule has 26 heavy (non-hydrogen) atoms. The van der Waals surface area contributed by atoms with Gasteiger partial charge in [0.2, 0.25) is 5.91 Å². The zero-order valence-corrected chi connectivity index (χ0v) is 15.4. The molecule has 4 heteroatoms. The Kier molecular flexibility index (Phi) is 4.79. The van der Waals surface area contributed by atoms with Gasteiger partial charge >= 0.3 is 0 Å². The van der Waals surface area contributed by atoms with Crippen LogP contribution in [0.1, 0.15) is 16.7 Å². The molecule has 0 aromatic heterocycles. The van der Waals surface area contributed by atoms with Gasteiger partial charge in [0.25, 0.3) is 0 Å². The van der Waals surface area contributed by atoms with Crippen molar-refractivity contribution >= 4 is 5.91 Å². The number of carbonyl (C=O) groups is 1. The first kappa shape index (κ1) is 17.3. The first-order valence-corrected chi connectivity index (χ1v) is 9.51. The summed E-state index contributed by atoms with van der Waals surface area (Å²) in [6.07, 6.45) is 1.60. The molecule has 2 aromatic rings. The Labute approximate surface area is 155 Å². The molecule has 0 saturated carbocycles. The number of likely N-dealkylation sites (N-methyl/N-ethyl adjacent to an activating group) is 1. The van der Waals surface area contributed by atoms with E-state index in [1.165, 1.54) is 16.7 Å². The highest BCUT2D eigenvalue weighted by Crippen LogP contribution is 2.36.